The highest BCUT2D eigenvalue weighted by atomic mass is 79.9. The average Bonchev–Trinajstić information content (AvgIpc) is 2.41. The van der Waals surface area contributed by atoms with Crippen LogP contribution in [0.3, 0.4) is 0 Å². The second-order valence-corrected chi connectivity index (χ2v) is 6.22. The van der Waals surface area contributed by atoms with E-state index < -0.39 is 0 Å². The van der Waals surface area contributed by atoms with Gasteiger partial charge >= 0.3 is 0 Å². The molecule has 106 valence electrons. The highest BCUT2D eigenvalue weighted by molar-refractivity contribution is 9.10. The molecule has 0 heterocycles. The maximum atomic E-state index is 13.9. The second kappa shape index (κ2) is 6.78. The first-order valence-electron chi connectivity index (χ1n) is 6.07. The third-order valence-corrected chi connectivity index (χ3v) is 4.27. The molecule has 1 atom stereocenters. The highest BCUT2D eigenvalue weighted by Gasteiger charge is 2.14. The summed E-state index contributed by atoms with van der Waals surface area (Å²) in [6.07, 6.45) is 0.455. The molecule has 0 aromatic heterocycles. The Labute approximate surface area is 133 Å². The maximum Gasteiger partial charge on any atom is 0.137 e. The van der Waals surface area contributed by atoms with E-state index in [0.717, 1.165) is 5.56 Å². The summed E-state index contributed by atoms with van der Waals surface area (Å²) in [4.78, 5) is 0. The molecule has 0 saturated carbocycles. The molecule has 0 aliphatic rings. The zero-order chi connectivity index (χ0) is 14.7. The molecule has 20 heavy (non-hydrogen) atoms. The van der Waals surface area contributed by atoms with Crippen molar-refractivity contribution in [1.82, 2.24) is 5.32 Å². The van der Waals surface area contributed by atoms with Crippen molar-refractivity contribution in [1.29, 1.82) is 0 Å². The monoisotopic (exact) mass is 403 g/mol. The minimum Gasteiger partial charge on any atom is -0.313 e. The zero-order valence-corrected chi connectivity index (χ0v) is 13.9. The number of halogens is 4. The van der Waals surface area contributed by atoms with Crippen molar-refractivity contribution in [3.05, 3.63) is 68.1 Å². The topological polar surface area (TPSA) is 12.0 Å². The Morgan fingerprint density at radius 1 is 1.05 bits per heavy atom. The summed E-state index contributed by atoms with van der Waals surface area (Å²) in [7, 11) is 1.78. The van der Waals surface area contributed by atoms with Crippen LogP contribution in [0.4, 0.5) is 8.78 Å². The first kappa shape index (κ1) is 15.6. The van der Waals surface area contributed by atoms with Gasteiger partial charge in [-0.1, -0.05) is 28.1 Å². The van der Waals surface area contributed by atoms with Gasteiger partial charge in [0, 0.05) is 10.5 Å². The second-order valence-electron chi connectivity index (χ2n) is 4.45. The molecule has 1 unspecified atom stereocenters. The molecule has 2 aromatic rings. The first-order valence-corrected chi connectivity index (χ1v) is 7.66. The van der Waals surface area contributed by atoms with Crippen LogP contribution in [0.2, 0.25) is 0 Å². The van der Waals surface area contributed by atoms with Gasteiger partial charge < -0.3 is 5.32 Å². The molecule has 0 amide bonds. The third-order valence-electron chi connectivity index (χ3n) is 3.13. The number of nitrogens with one attached hydrogen (secondary N) is 1. The minimum atomic E-state index is -0.320. The van der Waals surface area contributed by atoms with Crippen LogP contribution in [0.1, 0.15) is 17.2 Å². The van der Waals surface area contributed by atoms with Gasteiger partial charge in [0.25, 0.3) is 0 Å². The quantitative estimate of drug-likeness (QED) is 0.756. The normalized spacial score (nSPS) is 12.4. The summed E-state index contributed by atoms with van der Waals surface area (Å²) in [5.41, 5.74) is 1.38. The van der Waals surface area contributed by atoms with Gasteiger partial charge in [-0.15, -0.1) is 0 Å². The molecule has 0 spiro atoms. The van der Waals surface area contributed by atoms with Crippen molar-refractivity contribution in [3.63, 3.8) is 0 Å². The van der Waals surface area contributed by atoms with Crippen LogP contribution in [0, 0.1) is 11.6 Å². The lowest BCUT2D eigenvalue weighted by atomic mass is 9.98. The fraction of sp³-hybridized carbons (Fsp3) is 0.200. The van der Waals surface area contributed by atoms with Gasteiger partial charge in [0.2, 0.25) is 0 Å². The van der Waals surface area contributed by atoms with Crippen LogP contribution in [0.5, 0.6) is 0 Å². The molecule has 0 bridgehead atoms. The summed E-state index contributed by atoms with van der Waals surface area (Å²) < 4.78 is 28.6. The van der Waals surface area contributed by atoms with Crippen molar-refractivity contribution in [3.8, 4) is 0 Å². The summed E-state index contributed by atoms with van der Waals surface area (Å²) in [6.45, 7) is 0. The van der Waals surface area contributed by atoms with Crippen molar-refractivity contribution in [2.24, 2.45) is 0 Å². The maximum absolute atomic E-state index is 13.9. The lowest BCUT2D eigenvalue weighted by Crippen LogP contribution is -2.19. The molecular weight excluding hydrogens is 392 g/mol. The minimum absolute atomic E-state index is 0.145. The fourth-order valence-corrected chi connectivity index (χ4v) is 2.60. The molecular formula is C15H13Br2F2N. The number of rotatable bonds is 4. The predicted molar refractivity (Wildman–Crippen MR) is 83.7 cm³/mol. The SMILES string of the molecule is CNC(Cc1ccc(Br)cc1F)c1ccc(Br)c(F)c1. The van der Waals surface area contributed by atoms with Crippen LogP contribution in [0.25, 0.3) is 0 Å². The molecule has 0 radical (unpaired) electrons. The van der Waals surface area contributed by atoms with Crippen LogP contribution >= 0.6 is 31.9 Å². The van der Waals surface area contributed by atoms with Crippen molar-refractivity contribution in [2.75, 3.05) is 7.05 Å². The third kappa shape index (κ3) is 3.65. The largest absolute Gasteiger partial charge is 0.313 e. The first-order chi connectivity index (χ1) is 9.51. The summed E-state index contributed by atoms with van der Waals surface area (Å²) in [5.74, 6) is -0.587. The lowest BCUT2D eigenvalue weighted by Gasteiger charge is -2.17. The average molecular weight is 405 g/mol. The van der Waals surface area contributed by atoms with Gasteiger partial charge in [0.15, 0.2) is 0 Å². The number of hydrogen-bond donors (Lipinski definition) is 1. The molecule has 5 heteroatoms. The van der Waals surface area contributed by atoms with Crippen LogP contribution in [-0.4, -0.2) is 7.05 Å². The number of hydrogen-bond acceptors (Lipinski definition) is 1. The van der Waals surface area contributed by atoms with E-state index in [9.17, 15) is 8.78 Å². The Kier molecular flexibility index (Phi) is 5.29. The molecule has 1 N–H and O–H groups in total. The van der Waals surface area contributed by atoms with Gasteiger partial charge in [0.1, 0.15) is 11.6 Å². The fourth-order valence-electron chi connectivity index (χ4n) is 2.02. The van der Waals surface area contributed by atoms with E-state index in [1.807, 2.05) is 6.07 Å². The van der Waals surface area contributed by atoms with E-state index in [4.69, 9.17) is 0 Å². The highest BCUT2D eigenvalue weighted by Crippen LogP contribution is 2.25. The van der Waals surface area contributed by atoms with Crippen LogP contribution in [0.15, 0.2) is 45.3 Å². The Morgan fingerprint density at radius 2 is 1.80 bits per heavy atom. The summed E-state index contributed by atoms with van der Waals surface area (Å²) in [6, 6.07) is 9.77. The van der Waals surface area contributed by atoms with E-state index in [1.165, 1.54) is 12.1 Å². The van der Waals surface area contributed by atoms with Gasteiger partial charge in [-0.2, -0.15) is 0 Å². The van der Waals surface area contributed by atoms with Crippen LogP contribution < -0.4 is 5.32 Å². The van der Waals surface area contributed by atoms with Gasteiger partial charge in [-0.25, -0.2) is 8.78 Å². The van der Waals surface area contributed by atoms with Crippen molar-refractivity contribution < 1.29 is 8.78 Å². The van der Waals surface area contributed by atoms with E-state index in [2.05, 4.69) is 37.2 Å². The van der Waals surface area contributed by atoms with Crippen molar-refractivity contribution in [2.45, 2.75) is 12.5 Å². The summed E-state index contributed by atoms with van der Waals surface area (Å²) >= 11 is 6.36. The van der Waals surface area contributed by atoms with E-state index >= 15 is 0 Å². The lowest BCUT2D eigenvalue weighted by molar-refractivity contribution is 0.548. The molecule has 1 nitrogen and oxygen atoms in total. The van der Waals surface area contributed by atoms with Crippen LogP contribution in [-0.2, 0) is 6.42 Å². The molecule has 2 rings (SSSR count). The van der Waals surface area contributed by atoms with E-state index in [1.54, 1.807) is 25.2 Å². The predicted octanol–water partition coefficient (Wildman–Crippen LogP) is 4.99. The summed E-state index contributed by atoms with van der Waals surface area (Å²) in [5, 5.41) is 3.09. The molecule has 0 aliphatic carbocycles. The molecule has 0 saturated heterocycles. The Bertz CT molecular complexity index is 617. The number of benzene rings is 2. The van der Waals surface area contributed by atoms with Gasteiger partial charge in [-0.3, -0.25) is 0 Å². The van der Waals surface area contributed by atoms with Gasteiger partial charge in [0.05, 0.1) is 4.47 Å². The molecule has 2 aromatic carbocycles. The Hall–Kier alpha value is -0.780. The van der Waals surface area contributed by atoms with Crippen molar-refractivity contribution >= 4 is 31.9 Å². The smallest absolute Gasteiger partial charge is 0.137 e. The Morgan fingerprint density at radius 3 is 2.40 bits per heavy atom. The molecule has 0 aliphatic heterocycles. The number of likely N-dealkylation sites (N-methyl/N-ethyl adjacent to an activating group) is 1. The van der Waals surface area contributed by atoms with Gasteiger partial charge in [-0.05, 0) is 64.8 Å². The van der Waals surface area contributed by atoms with E-state index in [-0.39, 0.29) is 17.7 Å². The molecule has 0 fully saturated rings. The van der Waals surface area contributed by atoms with E-state index in [0.29, 0.717) is 20.9 Å². The zero-order valence-electron chi connectivity index (χ0n) is 10.8. The standard InChI is InChI=1S/C15H13Br2F2N/c1-20-15(10-3-5-12(17)14(19)6-10)7-9-2-4-11(16)8-13(9)18/h2-6,8,15,20H,7H2,1H3. The Balaban J connectivity index is 2.26.